The quantitative estimate of drug-likeness (QED) is 0.134. The van der Waals surface area contributed by atoms with Gasteiger partial charge in [0.25, 0.3) is 0 Å². The third kappa shape index (κ3) is 9.59. The van der Waals surface area contributed by atoms with E-state index in [0.29, 0.717) is 79.3 Å². The predicted octanol–water partition coefficient (Wildman–Crippen LogP) is 6.10. The van der Waals surface area contributed by atoms with Crippen LogP contribution in [0.3, 0.4) is 0 Å². The molecule has 0 bridgehead atoms. The average Bonchev–Trinajstić information content (AvgIpc) is 3.31. The molecule has 0 amide bonds. The molecule has 0 saturated heterocycles. The topological polar surface area (TPSA) is 73.8 Å². The summed E-state index contributed by atoms with van der Waals surface area (Å²) in [6.45, 7) is 12.8. The molecule has 0 saturated carbocycles. The number of benzene rings is 3. The Labute approximate surface area is 262 Å². The summed E-state index contributed by atoms with van der Waals surface area (Å²) in [6, 6.07) is 17.6. The summed E-state index contributed by atoms with van der Waals surface area (Å²) in [4.78, 5) is 0. The van der Waals surface area contributed by atoms with Crippen LogP contribution in [0.15, 0.2) is 48.5 Å². The van der Waals surface area contributed by atoms with Crippen LogP contribution < -0.4 is 4.74 Å². The lowest BCUT2D eigenvalue weighted by Gasteiger charge is -2.17. The van der Waals surface area contributed by atoms with Crippen LogP contribution in [-0.2, 0) is 33.2 Å². The van der Waals surface area contributed by atoms with Gasteiger partial charge in [0, 0.05) is 14.2 Å². The highest BCUT2D eigenvalue weighted by molar-refractivity contribution is 5.92. The van der Waals surface area contributed by atoms with Gasteiger partial charge in [-0.15, -0.1) is 0 Å². The van der Waals surface area contributed by atoms with Gasteiger partial charge in [0.2, 0.25) is 0 Å². The highest BCUT2D eigenvalue weighted by Gasteiger charge is 2.32. The molecule has 8 nitrogen and oxygen atoms in total. The summed E-state index contributed by atoms with van der Waals surface area (Å²) < 4.78 is 44.8. The first kappa shape index (κ1) is 34.1. The SMILES string of the molecule is COCCOCCOCCOc1ccc(-c2cc(C)cc3c2-c2ccc(C)cc2C3OCCOCCOCCOC)cc1C. The first-order chi connectivity index (χ1) is 21.5. The van der Waals surface area contributed by atoms with Gasteiger partial charge in [0.15, 0.2) is 0 Å². The Morgan fingerprint density at radius 1 is 0.523 bits per heavy atom. The third-order valence-corrected chi connectivity index (χ3v) is 7.45. The van der Waals surface area contributed by atoms with Crippen molar-refractivity contribution in [3.8, 4) is 28.0 Å². The number of hydrogen-bond acceptors (Lipinski definition) is 8. The third-order valence-electron chi connectivity index (χ3n) is 7.45. The summed E-state index contributed by atoms with van der Waals surface area (Å²) in [5, 5.41) is 0. The Kier molecular flexibility index (Phi) is 14.1. The van der Waals surface area contributed by atoms with E-state index in [0.717, 1.165) is 16.9 Å². The maximum Gasteiger partial charge on any atom is 0.122 e. The van der Waals surface area contributed by atoms with Gasteiger partial charge in [0.1, 0.15) is 18.5 Å². The molecule has 1 aliphatic carbocycles. The Balaban J connectivity index is 1.41. The van der Waals surface area contributed by atoms with Crippen LogP contribution in [0.2, 0.25) is 0 Å². The van der Waals surface area contributed by atoms with E-state index in [4.69, 9.17) is 37.9 Å². The summed E-state index contributed by atoms with van der Waals surface area (Å²) in [7, 11) is 3.33. The average molecular weight is 609 g/mol. The van der Waals surface area contributed by atoms with E-state index in [1.807, 2.05) is 0 Å². The minimum Gasteiger partial charge on any atom is -0.491 e. The predicted molar refractivity (Wildman–Crippen MR) is 172 cm³/mol. The molecule has 0 aliphatic heterocycles. The van der Waals surface area contributed by atoms with Gasteiger partial charge in [-0.25, -0.2) is 0 Å². The summed E-state index contributed by atoms with van der Waals surface area (Å²) >= 11 is 0. The molecule has 240 valence electrons. The highest BCUT2D eigenvalue weighted by Crippen LogP contribution is 2.50. The number of ether oxygens (including phenoxy) is 8. The second-order valence-corrected chi connectivity index (χ2v) is 10.9. The number of methoxy groups -OCH3 is 2. The molecular weight excluding hydrogens is 560 g/mol. The molecule has 0 N–H and O–H groups in total. The Bertz CT molecular complexity index is 1310. The van der Waals surface area contributed by atoms with E-state index in [1.54, 1.807) is 14.2 Å². The van der Waals surface area contributed by atoms with E-state index in [9.17, 15) is 0 Å². The molecule has 0 heterocycles. The second kappa shape index (κ2) is 18.2. The molecule has 1 aliphatic rings. The summed E-state index contributed by atoms with van der Waals surface area (Å²) in [5.41, 5.74) is 10.7. The zero-order valence-electron chi connectivity index (χ0n) is 26.9. The molecule has 0 aromatic heterocycles. The lowest BCUT2D eigenvalue weighted by atomic mass is 9.91. The van der Waals surface area contributed by atoms with Crippen molar-refractivity contribution in [3.63, 3.8) is 0 Å². The van der Waals surface area contributed by atoms with Crippen molar-refractivity contribution in [2.75, 3.05) is 93.5 Å². The van der Waals surface area contributed by atoms with Crippen LogP contribution in [-0.4, -0.2) is 93.5 Å². The van der Waals surface area contributed by atoms with Gasteiger partial charge in [-0.2, -0.15) is 0 Å². The van der Waals surface area contributed by atoms with Crippen molar-refractivity contribution in [2.45, 2.75) is 26.9 Å². The Hall–Kier alpha value is -2.82. The summed E-state index contributed by atoms with van der Waals surface area (Å²) in [5.74, 6) is 0.860. The maximum atomic E-state index is 6.51. The number of hydrogen-bond donors (Lipinski definition) is 0. The molecule has 1 atom stereocenters. The van der Waals surface area contributed by atoms with E-state index in [-0.39, 0.29) is 6.10 Å². The fourth-order valence-electron chi connectivity index (χ4n) is 5.37. The minimum atomic E-state index is -0.144. The van der Waals surface area contributed by atoms with Crippen LogP contribution in [0.25, 0.3) is 22.3 Å². The zero-order chi connectivity index (χ0) is 31.1. The molecule has 44 heavy (non-hydrogen) atoms. The van der Waals surface area contributed by atoms with Gasteiger partial charge in [-0.1, -0.05) is 47.5 Å². The number of fused-ring (bicyclic) bond motifs is 3. The van der Waals surface area contributed by atoms with Crippen molar-refractivity contribution < 1.29 is 37.9 Å². The molecule has 8 heteroatoms. The van der Waals surface area contributed by atoms with Crippen LogP contribution in [0.5, 0.6) is 5.75 Å². The van der Waals surface area contributed by atoms with Gasteiger partial charge in [-0.3, -0.25) is 0 Å². The van der Waals surface area contributed by atoms with Crippen molar-refractivity contribution in [1.29, 1.82) is 0 Å². The lowest BCUT2D eigenvalue weighted by molar-refractivity contribution is -0.00746. The minimum absolute atomic E-state index is 0.144. The summed E-state index contributed by atoms with van der Waals surface area (Å²) in [6.07, 6.45) is -0.144. The normalized spacial score (nSPS) is 13.7. The molecule has 1 unspecified atom stereocenters. The number of rotatable bonds is 21. The monoisotopic (exact) mass is 608 g/mol. The van der Waals surface area contributed by atoms with Crippen molar-refractivity contribution in [2.24, 2.45) is 0 Å². The maximum absolute atomic E-state index is 6.51. The standard InChI is InChI=1S/C36H48O8/c1-26-6-8-30-32(22-26)36(44-21-19-42-17-15-40-13-11-38-5)33-24-27(2)23-31(35(30)33)29-7-9-34(28(3)25-29)43-20-18-41-16-14-39-12-10-37-4/h6-9,22-25,36H,10-21H2,1-5H3. The van der Waals surface area contributed by atoms with Gasteiger partial charge >= 0.3 is 0 Å². The Morgan fingerprint density at radius 3 is 1.75 bits per heavy atom. The van der Waals surface area contributed by atoms with Crippen molar-refractivity contribution in [1.82, 2.24) is 0 Å². The van der Waals surface area contributed by atoms with Crippen molar-refractivity contribution in [3.05, 3.63) is 76.3 Å². The van der Waals surface area contributed by atoms with Gasteiger partial charge in [0.05, 0.1) is 72.7 Å². The second-order valence-electron chi connectivity index (χ2n) is 10.9. The van der Waals surface area contributed by atoms with Crippen LogP contribution in [0.4, 0.5) is 0 Å². The molecule has 0 fully saturated rings. The van der Waals surface area contributed by atoms with E-state index in [2.05, 4.69) is 69.3 Å². The molecule has 0 radical (unpaired) electrons. The zero-order valence-corrected chi connectivity index (χ0v) is 26.9. The van der Waals surface area contributed by atoms with Crippen molar-refractivity contribution >= 4 is 0 Å². The fourth-order valence-corrected chi connectivity index (χ4v) is 5.37. The van der Waals surface area contributed by atoms with Crippen LogP contribution >= 0.6 is 0 Å². The van der Waals surface area contributed by atoms with E-state index in [1.165, 1.54) is 38.9 Å². The fraction of sp³-hybridized carbons (Fsp3) is 0.500. The molecule has 3 aromatic rings. The van der Waals surface area contributed by atoms with Gasteiger partial charge < -0.3 is 37.9 Å². The van der Waals surface area contributed by atoms with Gasteiger partial charge in [-0.05, 0) is 71.8 Å². The molecule has 3 aromatic carbocycles. The number of aryl methyl sites for hydroxylation is 3. The van der Waals surface area contributed by atoms with Crippen LogP contribution in [0.1, 0.15) is 33.9 Å². The van der Waals surface area contributed by atoms with E-state index < -0.39 is 0 Å². The Morgan fingerprint density at radius 2 is 1.11 bits per heavy atom. The first-order valence-corrected chi connectivity index (χ1v) is 15.4. The van der Waals surface area contributed by atoms with E-state index >= 15 is 0 Å². The van der Waals surface area contributed by atoms with Crippen LogP contribution in [0, 0.1) is 20.8 Å². The smallest absolute Gasteiger partial charge is 0.122 e. The largest absolute Gasteiger partial charge is 0.491 e. The lowest BCUT2D eigenvalue weighted by Crippen LogP contribution is -2.13. The molecule has 0 spiro atoms. The first-order valence-electron chi connectivity index (χ1n) is 15.4. The molecular formula is C36H48O8. The highest BCUT2D eigenvalue weighted by atomic mass is 16.6. The molecule has 4 rings (SSSR count).